The smallest absolute Gasteiger partial charge is 0.240 e. The minimum Gasteiger partial charge on any atom is -0.507 e. The highest BCUT2D eigenvalue weighted by Gasteiger charge is 2.07. The number of phenolic OH excluding ortho intramolecular Hbond substituents is 1. The molecule has 2 aromatic carbocycles. The molecule has 0 aromatic heterocycles. The zero-order chi connectivity index (χ0) is 17.4. The van der Waals surface area contributed by atoms with Gasteiger partial charge in [0.2, 0.25) is 11.8 Å². The molecule has 0 aliphatic rings. The fourth-order valence-electron chi connectivity index (χ4n) is 2.00. The number of hydrazone groups is 1. The van der Waals surface area contributed by atoms with Crippen molar-refractivity contribution >= 4 is 23.7 Å². The van der Waals surface area contributed by atoms with Gasteiger partial charge in [-0.1, -0.05) is 24.3 Å². The Morgan fingerprint density at radius 1 is 1.08 bits per heavy atom. The number of hydrogen-bond donors (Lipinski definition) is 3. The number of amides is 2. The molecule has 0 spiro atoms. The fraction of sp³-hybridized carbons (Fsp3) is 0.167. The molecule has 0 radical (unpaired) electrons. The van der Waals surface area contributed by atoms with E-state index >= 15 is 0 Å². The molecule has 0 heterocycles. The predicted octanol–water partition coefficient (Wildman–Crippen LogP) is 2.57. The van der Waals surface area contributed by atoms with E-state index in [1.807, 2.05) is 25.1 Å². The molecule has 6 nitrogen and oxygen atoms in total. The average Bonchev–Trinajstić information content (AvgIpc) is 2.55. The second kappa shape index (κ2) is 8.47. The summed E-state index contributed by atoms with van der Waals surface area (Å²) in [5, 5.41) is 16.1. The molecule has 0 bridgehead atoms. The fourth-order valence-corrected chi connectivity index (χ4v) is 2.00. The van der Waals surface area contributed by atoms with Crippen molar-refractivity contribution in [1.82, 2.24) is 5.43 Å². The van der Waals surface area contributed by atoms with Crippen LogP contribution in [0.1, 0.15) is 24.0 Å². The Kier molecular flexibility index (Phi) is 6.08. The Bertz CT molecular complexity index is 757. The Hall–Kier alpha value is -3.15. The molecule has 0 aliphatic heterocycles. The molecule has 0 atom stereocenters. The SMILES string of the molecule is Cc1cccc(NC(=O)CCC(=O)NN=Cc2ccccc2O)c1. The topological polar surface area (TPSA) is 90.8 Å². The maximum Gasteiger partial charge on any atom is 0.240 e. The largest absolute Gasteiger partial charge is 0.507 e. The first-order valence-electron chi connectivity index (χ1n) is 7.51. The van der Waals surface area contributed by atoms with Gasteiger partial charge in [0, 0.05) is 24.1 Å². The molecule has 6 heteroatoms. The highest BCUT2D eigenvalue weighted by atomic mass is 16.3. The molecule has 3 N–H and O–H groups in total. The second-order valence-corrected chi connectivity index (χ2v) is 5.27. The molecular formula is C18H19N3O3. The third-order valence-electron chi connectivity index (χ3n) is 3.21. The number of hydrogen-bond acceptors (Lipinski definition) is 4. The normalized spacial score (nSPS) is 10.5. The lowest BCUT2D eigenvalue weighted by atomic mass is 10.2. The lowest BCUT2D eigenvalue weighted by Crippen LogP contribution is -2.20. The molecule has 24 heavy (non-hydrogen) atoms. The molecule has 0 unspecified atom stereocenters. The lowest BCUT2D eigenvalue weighted by molar-refractivity contribution is -0.124. The molecule has 2 amide bonds. The van der Waals surface area contributed by atoms with Crippen LogP contribution in [0.3, 0.4) is 0 Å². The zero-order valence-corrected chi connectivity index (χ0v) is 13.3. The molecule has 0 saturated carbocycles. The number of anilines is 1. The van der Waals surface area contributed by atoms with Crippen LogP contribution in [0.5, 0.6) is 5.75 Å². The summed E-state index contributed by atoms with van der Waals surface area (Å²) in [5.74, 6) is -0.533. The van der Waals surface area contributed by atoms with Gasteiger partial charge in [-0.15, -0.1) is 0 Å². The maximum absolute atomic E-state index is 11.8. The Balaban J connectivity index is 1.75. The minimum atomic E-state index is -0.374. The average molecular weight is 325 g/mol. The summed E-state index contributed by atoms with van der Waals surface area (Å²) < 4.78 is 0. The lowest BCUT2D eigenvalue weighted by Gasteiger charge is -2.05. The van der Waals surface area contributed by atoms with Gasteiger partial charge in [0.25, 0.3) is 0 Å². The number of aromatic hydroxyl groups is 1. The van der Waals surface area contributed by atoms with E-state index < -0.39 is 0 Å². The van der Waals surface area contributed by atoms with Gasteiger partial charge in [0.15, 0.2) is 0 Å². The van der Waals surface area contributed by atoms with Crippen LogP contribution >= 0.6 is 0 Å². The van der Waals surface area contributed by atoms with Crippen molar-refractivity contribution in [2.24, 2.45) is 5.10 Å². The zero-order valence-electron chi connectivity index (χ0n) is 13.3. The number of carbonyl (C=O) groups is 2. The number of carbonyl (C=O) groups excluding carboxylic acids is 2. The van der Waals surface area contributed by atoms with Crippen molar-refractivity contribution in [2.75, 3.05) is 5.32 Å². The van der Waals surface area contributed by atoms with Crippen molar-refractivity contribution in [3.8, 4) is 5.75 Å². The Morgan fingerprint density at radius 3 is 2.58 bits per heavy atom. The van der Waals surface area contributed by atoms with Gasteiger partial charge in [-0.05, 0) is 36.8 Å². The molecule has 0 saturated heterocycles. The third-order valence-corrected chi connectivity index (χ3v) is 3.21. The third kappa shape index (κ3) is 5.57. The van der Waals surface area contributed by atoms with Crippen LogP contribution in [0.25, 0.3) is 0 Å². The molecule has 0 aliphatic carbocycles. The monoisotopic (exact) mass is 325 g/mol. The highest BCUT2D eigenvalue weighted by Crippen LogP contribution is 2.12. The van der Waals surface area contributed by atoms with Crippen molar-refractivity contribution in [2.45, 2.75) is 19.8 Å². The van der Waals surface area contributed by atoms with Crippen molar-refractivity contribution in [1.29, 1.82) is 0 Å². The van der Waals surface area contributed by atoms with Gasteiger partial charge >= 0.3 is 0 Å². The predicted molar refractivity (Wildman–Crippen MR) is 92.9 cm³/mol. The van der Waals surface area contributed by atoms with Gasteiger partial charge in [-0.25, -0.2) is 5.43 Å². The van der Waals surface area contributed by atoms with E-state index in [1.54, 1.807) is 24.3 Å². The van der Waals surface area contributed by atoms with E-state index in [1.165, 1.54) is 12.3 Å². The van der Waals surface area contributed by atoms with E-state index in [0.29, 0.717) is 11.3 Å². The first kappa shape index (κ1) is 17.2. The van der Waals surface area contributed by atoms with Crippen molar-refractivity contribution < 1.29 is 14.7 Å². The van der Waals surface area contributed by atoms with Crippen molar-refractivity contribution in [3.63, 3.8) is 0 Å². The van der Waals surface area contributed by atoms with Crippen LogP contribution < -0.4 is 10.7 Å². The molecule has 0 fully saturated rings. The highest BCUT2D eigenvalue weighted by molar-refractivity contribution is 5.93. The van der Waals surface area contributed by atoms with Gasteiger partial charge in [-0.3, -0.25) is 9.59 Å². The van der Waals surface area contributed by atoms with E-state index in [4.69, 9.17) is 0 Å². The number of benzene rings is 2. The van der Waals surface area contributed by atoms with Crippen LogP contribution in [0.2, 0.25) is 0 Å². The van der Waals surface area contributed by atoms with Crippen LogP contribution in [0.15, 0.2) is 53.6 Å². The Labute approximate surface area is 140 Å². The summed E-state index contributed by atoms with van der Waals surface area (Å²) in [5.41, 5.74) is 4.57. The summed E-state index contributed by atoms with van der Waals surface area (Å²) >= 11 is 0. The molecule has 124 valence electrons. The van der Waals surface area contributed by atoms with Crippen LogP contribution in [0, 0.1) is 6.92 Å². The Morgan fingerprint density at radius 2 is 1.83 bits per heavy atom. The molecular weight excluding hydrogens is 306 g/mol. The van der Waals surface area contributed by atoms with E-state index in [9.17, 15) is 14.7 Å². The number of para-hydroxylation sites is 1. The van der Waals surface area contributed by atoms with Gasteiger partial charge < -0.3 is 10.4 Å². The number of rotatable bonds is 6. The van der Waals surface area contributed by atoms with E-state index in [2.05, 4.69) is 15.8 Å². The maximum atomic E-state index is 11.8. The summed E-state index contributed by atoms with van der Waals surface area (Å²) in [6.45, 7) is 1.94. The quantitative estimate of drug-likeness (QED) is 0.563. The van der Waals surface area contributed by atoms with Crippen LogP contribution in [-0.2, 0) is 9.59 Å². The summed E-state index contributed by atoms with van der Waals surface area (Å²) in [7, 11) is 0. The van der Waals surface area contributed by atoms with Crippen LogP contribution in [-0.4, -0.2) is 23.1 Å². The standard InChI is InChI=1S/C18H19N3O3/c1-13-5-4-7-15(11-13)20-17(23)9-10-18(24)21-19-12-14-6-2-3-8-16(14)22/h2-8,11-12,22H,9-10H2,1H3,(H,20,23)(H,21,24). The van der Waals surface area contributed by atoms with Crippen molar-refractivity contribution in [3.05, 3.63) is 59.7 Å². The molecule has 2 rings (SSSR count). The summed E-state index contributed by atoms with van der Waals surface area (Å²) in [6, 6.07) is 14.1. The number of nitrogens with one attached hydrogen (secondary N) is 2. The summed E-state index contributed by atoms with van der Waals surface area (Å²) in [4.78, 5) is 23.5. The molecule has 2 aromatic rings. The van der Waals surface area contributed by atoms with Gasteiger partial charge in [0.05, 0.1) is 6.21 Å². The number of nitrogens with zero attached hydrogens (tertiary/aromatic N) is 1. The second-order valence-electron chi connectivity index (χ2n) is 5.27. The first-order chi connectivity index (χ1) is 11.5. The van der Waals surface area contributed by atoms with Gasteiger partial charge in [0.1, 0.15) is 5.75 Å². The van der Waals surface area contributed by atoms with Gasteiger partial charge in [-0.2, -0.15) is 5.10 Å². The minimum absolute atomic E-state index is 0.0236. The summed E-state index contributed by atoms with van der Waals surface area (Å²) in [6.07, 6.45) is 1.43. The van der Waals surface area contributed by atoms with Crippen LogP contribution in [0.4, 0.5) is 5.69 Å². The first-order valence-corrected chi connectivity index (χ1v) is 7.51. The number of phenols is 1. The number of aryl methyl sites for hydroxylation is 1. The van der Waals surface area contributed by atoms with E-state index in [0.717, 1.165) is 5.56 Å². The van der Waals surface area contributed by atoms with E-state index in [-0.39, 0.29) is 30.4 Å².